The van der Waals surface area contributed by atoms with Gasteiger partial charge in [0, 0.05) is 30.9 Å². The number of pyridine rings is 1. The highest BCUT2D eigenvalue weighted by Crippen LogP contribution is 2.25. The summed E-state index contributed by atoms with van der Waals surface area (Å²) in [4.78, 5) is 16.1. The van der Waals surface area contributed by atoms with Crippen molar-refractivity contribution in [1.82, 2.24) is 15.0 Å². The Morgan fingerprint density at radius 2 is 1.62 bits per heavy atom. The molecule has 1 aliphatic heterocycles. The van der Waals surface area contributed by atoms with E-state index in [-0.39, 0.29) is 0 Å². The second-order valence-corrected chi connectivity index (χ2v) is 5.62. The molecule has 0 amide bonds. The number of benzene rings is 1. The van der Waals surface area contributed by atoms with E-state index in [0.717, 1.165) is 49.1 Å². The van der Waals surface area contributed by atoms with Crippen molar-refractivity contribution in [1.29, 1.82) is 0 Å². The van der Waals surface area contributed by atoms with E-state index in [4.69, 9.17) is 14.7 Å². The van der Waals surface area contributed by atoms with Crippen molar-refractivity contribution < 1.29 is 4.74 Å². The first-order valence-corrected chi connectivity index (χ1v) is 8.09. The minimum atomic E-state index is 0.651. The number of ether oxygens (including phenoxy) is 1. The minimum absolute atomic E-state index is 0.651. The van der Waals surface area contributed by atoms with Crippen molar-refractivity contribution in [3.05, 3.63) is 60.8 Å². The number of morpholine rings is 1. The van der Waals surface area contributed by atoms with Gasteiger partial charge in [-0.3, -0.25) is 4.98 Å². The monoisotopic (exact) mass is 318 g/mol. The average Bonchev–Trinajstić information content (AvgIpc) is 2.70. The lowest BCUT2D eigenvalue weighted by Gasteiger charge is -2.28. The van der Waals surface area contributed by atoms with E-state index in [2.05, 4.69) is 22.0 Å². The first kappa shape index (κ1) is 14.8. The van der Waals surface area contributed by atoms with Gasteiger partial charge in [-0.15, -0.1) is 0 Å². The van der Waals surface area contributed by atoms with Crippen LogP contribution in [0.25, 0.3) is 22.8 Å². The van der Waals surface area contributed by atoms with Gasteiger partial charge in [0.1, 0.15) is 11.5 Å². The van der Waals surface area contributed by atoms with Gasteiger partial charge in [-0.2, -0.15) is 0 Å². The summed E-state index contributed by atoms with van der Waals surface area (Å²) in [6.07, 6.45) is 1.77. The van der Waals surface area contributed by atoms with Gasteiger partial charge in [0.05, 0.1) is 18.9 Å². The molecule has 0 bridgehead atoms. The van der Waals surface area contributed by atoms with Crippen LogP contribution < -0.4 is 4.90 Å². The summed E-state index contributed by atoms with van der Waals surface area (Å²) in [7, 11) is 0. The van der Waals surface area contributed by atoms with Crippen LogP contribution in [0.1, 0.15) is 0 Å². The number of aromatic nitrogens is 3. The highest BCUT2D eigenvalue weighted by atomic mass is 16.5. The number of hydrogen-bond acceptors (Lipinski definition) is 5. The predicted octanol–water partition coefficient (Wildman–Crippen LogP) is 3.04. The second-order valence-electron chi connectivity index (χ2n) is 5.62. The molecule has 0 saturated carbocycles. The van der Waals surface area contributed by atoms with Crippen molar-refractivity contribution in [3.63, 3.8) is 0 Å². The molecule has 5 nitrogen and oxygen atoms in total. The standard InChI is InChI=1S/C19H18N4O/c1-2-6-15(7-3-1)17-14-18(23-10-12-24-13-11-23)22-19(21-17)16-8-4-5-9-20-16/h1-9,14H,10-13H2. The highest BCUT2D eigenvalue weighted by molar-refractivity contribution is 5.66. The van der Waals surface area contributed by atoms with Crippen LogP contribution in [0.3, 0.4) is 0 Å². The van der Waals surface area contributed by atoms with Crippen molar-refractivity contribution in [2.24, 2.45) is 0 Å². The molecule has 0 N–H and O–H groups in total. The molecule has 120 valence electrons. The second kappa shape index (κ2) is 6.76. The van der Waals surface area contributed by atoms with Crippen LogP contribution in [0.5, 0.6) is 0 Å². The summed E-state index contributed by atoms with van der Waals surface area (Å²) in [6, 6.07) is 18.0. The van der Waals surface area contributed by atoms with Gasteiger partial charge in [0.25, 0.3) is 0 Å². The Morgan fingerprint density at radius 3 is 2.38 bits per heavy atom. The maximum atomic E-state index is 5.45. The molecule has 0 aliphatic carbocycles. The SMILES string of the molecule is c1ccc(-c2cc(N3CCOCC3)nc(-c3ccccn3)n2)cc1. The molecular formula is C19H18N4O. The summed E-state index contributed by atoms with van der Waals surface area (Å²) in [5, 5.41) is 0. The lowest BCUT2D eigenvalue weighted by Crippen LogP contribution is -2.36. The maximum absolute atomic E-state index is 5.45. The molecule has 2 aromatic heterocycles. The molecule has 1 fully saturated rings. The van der Waals surface area contributed by atoms with Crippen LogP contribution in [0, 0.1) is 0 Å². The molecule has 24 heavy (non-hydrogen) atoms. The Hall–Kier alpha value is -2.79. The lowest BCUT2D eigenvalue weighted by atomic mass is 10.1. The van der Waals surface area contributed by atoms with Gasteiger partial charge < -0.3 is 9.64 Å². The summed E-state index contributed by atoms with van der Waals surface area (Å²) < 4.78 is 5.45. The van der Waals surface area contributed by atoms with E-state index in [1.165, 1.54) is 0 Å². The summed E-state index contributed by atoms with van der Waals surface area (Å²) in [5.74, 6) is 1.58. The Labute approximate surface area is 141 Å². The van der Waals surface area contributed by atoms with E-state index >= 15 is 0 Å². The third kappa shape index (κ3) is 3.12. The first-order chi connectivity index (χ1) is 11.9. The Morgan fingerprint density at radius 1 is 0.833 bits per heavy atom. The fourth-order valence-electron chi connectivity index (χ4n) is 2.76. The number of rotatable bonds is 3. The van der Waals surface area contributed by atoms with Crippen LogP contribution in [-0.2, 0) is 4.74 Å². The number of hydrogen-bond donors (Lipinski definition) is 0. The molecule has 5 heteroatoms. The van der Waals surface area contributed by atoms with Crippen LogP contribution in [-0.4, -0.2) is 41.3 Å². The quantitative estimate of drug-likeness (QED) is 0.743. The third-order valence-corrected chi connectivity index (χ3v) is 4.01. The smallest absolute Gasteiger partial charge is 0.180 e. The molecule has 3 aromatic rings. The van der Waals surface area contributed by atoms with Crippen LogP contribution in [0.2, 0.25) is 0 Å². The topological polar surface area (TPSA) is 51.1 Å². The van der Waals surface area contributed by atoms with E-state index < -0.39 is 0 Å². The zero-order valence-electron chi connectivity index (χ0n) is 13.3. The Balaban J connectivity index is 1.81. The summed E-state index contributed by atoms with van der Waals surface area (Å²) >= 11 is 0. The van der Waals surface area contributed by atoms with Crippen LogP contribution in [0.15, 0.2) is 60.8 Å². The minimum Gasteiger partial charge on any atom is -0.378 e. The molecule has 0 atom stereocenters. The molecule has 1 aromatic carbocycles. The largest absolute Gasteiger partial charge is 0.378 e. The molecule has 0 unspecified atom stereocenters. The van der Waals surface area contributed by atoms with Gasteiger partial charge in [0.15, 0.2) is 5.82 Å². The van der Waals surface area contributed by atoms with Gasteiger partial charge in [0.2, 0.25) is 0 Å². The normalized spacial score (nSPS) is 14.6. The third-order valence-electron chi connectivity index (χ3n) is 4.01. The summed E-state index contributed by atoms with van der Waals surface area (Å²) in [6.45, 7) is 3.13. The van der Waals surface area contributed by atoms with E-state index in [1.54, 1.807) is 6.20 Å². The molecule has 0 radical (unpaired) electrons. The lowest BCUT2D eigenvalue weighted by molar-refractivity contribution is 0.122. The van der Waals surface area contributed by atoms with E-state index in [9.17, 15) is 0 Å². The zero-order valence-corrected chi connectivity index (χ0v) is 13.3. The molecular weight excluding hydrogens is 300 g/mol. The maximum Gasteiger partial charge on any atom is 0.180 e. The van der Waals surface area contributed by atoms with Gasteiger partial charge in [-0.1, -0.05) is 36.4 Å². The van der Waals surface area contributed by atoms with Gasteiger partial charge in [-0.25, -0.2) is 9.97 Å². The van der Waals surface area contributed by atoms with E-state index in [0.29, 0.717) is 5.82 Å². The molecule has 3 heterocycles. The van der Waals surface area contributed by atoms with Gasteiger partial charge >= 0.3 is 0 Å². The van der Waals surface area contributed by atoms with Crippen molar-refractivity contribution in [3.8, 4) is 22.8 Å². The Bertz CT molecular complexity index is 744. The van der Waals surface area contributed by atoms with Gasteiger partial charge in [-0.05, 0) is 12.1 Å². The predicted molar refractivity (Wildman–Crippen MR) is 93.7 cm³/mol. The van der Waals surface area contributed by atoms with Crippen LogP contribution in [0.4, 0.5) is 5.82 Å². The average molecular weight is 318 g/mol. The molecule has 1 aliphatic rings. The van der Waals surface area contributed by atoms with E-state index in [1.807, 2.05) is 42.5 Å². The fraction of sp³-hybridized carbons (Fsp3) is 0.211. The fourth-order valence-corrected chi connectivity index (χ4v) is 2.76. The Kier molecular flexibility index (Phi) is 4.16. The first-order valence-electron chi connectivity index (χ1n) is 8.09. The van der Waals surface area contributed by atoms with Crippen LogP contribution >= 0.6 is 0 Å². The number of anilines is 1. The molecule has 4 rings (SSSR count). The van der Waals surface area contributed by atoms with Crippen molar-refractivity contribution in [2.45, 2.75) is 0 Å². The zero-order chi connectivity index (χ0) is 16.2. The van der Waals surface area contributed by atoms with Crippen molar-refractivity contribution in [2.75, 3.05) is 31.2 Å². The number of nitrogens with zero attached hydrogens (tertiary/aromatic N) is 4. The van der Waals surface area contributed by atoms with Crippen molar-refractivity contribution >= 4 is 5.82 Å². The molecule has 1 saturated heterocycles. The molecule has 0 spiro atoms. The summed E-state index contributed by atoms with van der Waals surface area (Å²) in [5.41, 5.74) is 2.77. The highest BCUT2D eigenvalue weighted by Gasteiger charge is 2.16.